The maximum atomic E-state index is 3.60. The minimum Gasteiger partial charge on any atom is -0.311 e. The van der Waals surface area contributed by atoms with Crippen molar-refractivity contribution in [2.24, 2.45) is 0 Å². The first-order valence-electron chi connectivity index (χ1n) is 5.41. The zero-order valence-corrected chi connectivity index (χ0v) is 10.3. The van der Waals surface area contributed by atoms with E-state index in [1.54, 1.807) is 0 Å². The van der Waals surface area contributed by atoms with Crippen molar-refractivity contribution < 1.29 is 0 Å². The molecule has 0 radical (unpaired) electrons. The first kappa shape index (κ1) is 11.7. The fourth-order valence-electron chi connectivity index (χ4n) is 1.69. The van der Waals surface area contributed by atoms with E-state index in [2.05, 4.69) is 43.6 Å². The Morgan fingerprint density at radius 2 is 2.21 bits per heavy atom. The van der Waals surface area contributed by atoms with E-state index < -0.39 is 0 Å². The average Bonchev–Trinajstić information content (AvgIpc) is 2.56. The van der Waals surface area contributed by atoms with Crippen LogP contribution in [-0.2, 0) is 6.42 Å². The molecule has 0 amide bonds. The zero-order chi connectivity index (χ0) is 10.4. The third-order valence-electron chi connectivity index (χ3n) is 2.43. The van der Waals surface area contributed by atoms with Gasteiger partial charge in [-0.3, -0.25) is 0 Å². The van der Waals surface area contributed by atoms with Crippen LogP contribution in [0.4, 0.5) is 0 Å². The van der Waals surface area contributed by atoms with Gasteiger partial charge >= 0.3 is 0 Å². The van der Waals surface area contributed by atoms with Gasteiger partial charge in [-0.1, -0.05) is 19.4 Å². The quantitative estimate of drug-likeness (QED) is 0.760. The smallest absolute Gasteiger partial charge is 0.0125 e. The van der Waals surface area contributed by atoms with Gasteiger partial charge in [-0.2, -0.15) is 0 Å². The third-order valence-corrected chi connectivity index (χ3v) is 3.37. The topological polar surface area (TPSA) is 12.0 Å². The van der Waals surface area contributed by atoms with E-state index in [0.29, 0.717) is 5.54 Å². The highest BCUT2D eigenvalue weighted by atomic mass is 32.1. The van der Waals surface area contributed by atoms with E-state index in [9.17, 15) is 0 Å². The molecular weight excluding hydrogens is 190 g/mol. The second-order valence-corrected chi connectivity index (χ2v) is 5.42. The van der Waals surface area contributed by atoms with Crippen molar-refractivity contribution in [2.45, 2.75) is 45.6 Å². The van der Waals surface area contributed by atoms with Gasteiger partial charge in [0.15, 0.2) is 0 Å². The van der Waals surface area contributed by atoms with E-state index >= 15 is 0 Å². The van der Waals surface area contributed by atoms with Crippen LogP contribution in [0.3, 0.4) is 0 Å². The van der Waals surface area contributed by atoms with Crippen LogP contribution in [0.2, 0.25) is 0 Å². The Hall–Kier alpha value is -0.340. The van der Waals surface area contributed by atoms with Gasteiger partial charge in [0.2, 0.25) is 0 Å². The highest BCUT2D eigenvalue weighted by Crippen LogP contribution is 2.12. The summed E-state index contributed by atoms with van der Waals surface area (Å²) in [5, 5.41) is 5.75. The number of hydrogen-bond donors (Lipinski definition) is 1. The summed E-state index contributed by atoms with van der Waals surface area (Å²) in [6.45, 7) is 7.89. The lowest BCUT2D eigenvalue weighted by Crippen LogP contribution is -2.40. The third kappa shape index (κ3) is 4.25. The highest BCUT2D eigenvalue weighted by molar-refractivity contribution is 7.09. The molecule has 0 saturated heterocycles. The van der Waals surface area contributed by atoms with Crippen molar-refractivity contribution in [3.8, 4) is 0 Å². The van der Waals surface area contributed by atoms with E-state index in [1.165, 1.54) is 17.7 Å². The Morgan fingerprint density at radius 3 is 2.79 bits per heavy atom. The predicted octanol–water partition coefficient (Wildman–Crippen LogP) is 3.46. The molecule has 1 rings (SSSR count). The molecule has 2 heteroatoms. The van der Waals surface area contributed by atoms with E-state index in [0.717, 1.165) is 13.0 Å². The fraction of sp³-hybridized carbons (Fsp3) is 0.667. The van der Waals surface area contributed by atoms with Gasteiger partial charge < -0.3 is 5.32 Å². The van der Waals surface area contributed by atoms with Crippen LogP contribution in [-0.4, -0.2) is 12.1 Å². The van der Waals surface area contributed by atoms with Gasteiger partial charge in [0.25, 0.3) is 0 Å². The van der Waals surface area contributed by atoms with Crippen molar-refractivity contribution in [3.63, 3.8) is 0 Å². The van der Waals surface area contributed by atoms with Crippen LogP contribution in [0.25, 0.3) is 0 Å². The summed E-state index contributed by atoms with van der Waals surface area (Å²) in [6.07, 6.45) is 3.65. The first-order valence-corrected chi connectivity index (χ1v) is 6.29. The normalized spacial score (nSPS) is 11.9. The maximum Gasteiger partial charge on any atom is 0.0125 e. The Balaban J connectivity index is 2.20. The van der Waals surface area contributed by atoms with Crippen LogP contribution in [0.15, 0.2) is 17.5 Å². The SMILES string of the molecule is CCCC(C)(C)NCCc1cccs1. The summed E-state index contributed by atoms with van der Waals surface area (Å²) >= 11 is 1.85. The fourth-order valence-corrected chi connectivity index (χ4v) is 2.40. The Kier molecular flexibility index (Phi) is 4.63. The predicted molar refractivity (Wildman–Crippen MR) is 65.0 cm³/mol. The molecule has 0 fully saturated rings. The lowest BCUT2D eigenvalue weighted by molar-refractivity contribution is 0.362. The second-order valence-electron chi connectivity index (χ2n) is 4.39. The standard InChI is InChI=1S/C12H21NS/c1-4-8-12(2,3)13-9-7-11-6-5-10-14-11/h5-6,10,13H,4,7-9H2,1-3H3. The molecule has 1 nitrogen and oxygen atoms in total. The number of hydrogen-bond acceptors (Lipinski definition) is 2. The van der Waals surface area contributed by atoms with E-state index in [4.69, 9.17) is 0 Å². The van der Waals surface area contributed by atoms with E-state index in [-0.39, 0.29) is 0 Å². The number of rotatable bonds is 6. The molecule has 14 heavy (non-hydrogen) atoms. The van der Waals surface area contributed by atoms with Crippen molar-refractivity contribution >= 4 is 11.3 Å². The van der Waals surface area contributed by atoms with Crippen molar-refractivity contribution in [1.82, 2.24) is 5.32 Å². The summed E-state index contributed by atoms with van der Waals surface area (Å²) < 4.78 is 0. The van der Waals surface area contributed by atoms with Gasteiger partial charge in [0.1, 0.15) is 0 Å². The molecule has 0 atom stereocenters. The molecule has 0 aliphatic heterocycles. The average molecular weight is 211 g/mol. The molecule has 1 heterocycles. The molecule has 0 saturated carbocycles. The maximum absolute atomic E-state index is 3.60. The van der Waals surface area contributed by atoms with Gasteiger partial charge in [0, 0.05) is 17.0 Å². The summed E-state index contributed by atoms with van der Waals surface area (Å²) in [4.78, 5) is 1.48. The summed E-state index contributed by atoms with van der Waals surface area (Å²) in [6, 6.07) is 4.33. The molecule has 0 unspecified atom stereocenters. The molecule has 1 aromatic rings. The van der Waals surface area contributed by atoms with E-state index in [1.807, 2.05) is 11.3 Å². The van der Waals surface area contributed by atoms with Gasteiger partial charge in [-0.15, -0.1) is 11.3 Å². The minimum atomic E-state index is 0.298. The second kappa shape index (κ2) is 5.52. The van der Waals surface area contributed by atoms with Gasteiger partial charge in [-0.25, -0.2) is 0 Å². The molecular formula is C12H21NS. The number of nitrogens with one attached hydrogen (secondary N) is 1. The minimum absolute atomic E-state index is 0.298. The van der Waals surface area contributed by atoms with Crippen LogP contribution in [0.5, 0.6) is 0 Å². The lowest BCUT2D eigenvalue weighted by Gasteiger charge is -2.25. The van der Waals surface area contributed by atoms with Crippen molar-refractivity contribution in [2.75, 3.05) is 6.54 Å². The molecule has 80 valence electrons. The van der Waals surface area contributed by atoms with Gasteiger partial charge in [-0.05, 0) is 38.1 Å². The zero-order valence-electron chi connectivity index (χ0n) is 9.47. The first-order chi connectivity index (χ1) is 6.64. The molecule has 1 aromatic heterocycles. The largest absolute Gasteiger partial charge is 0.311 e. The molecule has 1 N–H and O–H groups in total. The van der Waals surface area contributed by atoms with Crippen molar-refractivity contribution in [3.05, 3.63) is 22.4 Å². The Morgan fingerprint density at radius 1 is 1.43 bits per heavy atom. The van der Waals surface area contributed by atoms with Crippen LogP contribution in [0.1, 0.15) is 38.5 Å². The highest BCUT2D eigenvalue weighted by Gasteiger charge is 2.14. The lowest BCUT2D eigenvalue weighted by atomic mass is 9.99. The summed E-state index contributed by atoms with van der Waals surface area (Å²) in [5.41, 5.74) is 0.298. The van der Waals surface area contributed by atoms with Crippen molar-refractivity contribution in [1.29, 1.82) is 0 Å². The number of thiophene rings is 1. The Labute approximate surface area is 91.5 Å². The molecule has 0 bridgehead atoms. The summed E-state index contributed by atoms with van der Waals surface area (Å²) in [5.74, 6) is 0. The molecule has 0 spiro atoms. The summed E-state index contributed by atoms with van der Waals surface area (Å²) in [7, 11) is 0. The molecule has 0 aliphatic rings. The van der Waals surface area contributed by atoms with Crippen LogP contribution >= 0.6 is 11.3 Å². The van der Waals surface area contributed by atoms with Gasteiger partial charge in [0.05, 0.1) is 0 Å². The van der Waals surface area contributed by atoms with Crippen LogP contribution < -0.4 is 5.32 Å². The monoisotopic (exact) mass is 211 g/mol. The molecule has 0 aliphatic carbocycles. The van der Waals surface area contributed by atoms with Crippen LogP contribution in [0, 0.1) is 0 Å². The molecule has 0 aromatic carbocycles. The Bertz CT molecular complexity index is 239.